The van der Waals surface area contributed by atoms with Crippen molar-refractivity contribution in [2.24, 2.45) is 5.92 Å². The molecule has 1 aliphatic heterocycles. The Morgan fingerprint density at radius 2 is 2.21 bits per heavy atom. The van der Waals surface area contributed by atoms with Crippen molar-refractivity contribution >= 4 is 22.1 Å². The molecule has 0 aliphatic carbocycles. The average molecular weight is 288 g/mol. The van der Waals surface area contributed by atoms with E-state index < -0.39 is 10.2 Å². The lowest BCUT2D eigenvalue weighted by Gasteiger charge is -2.29. The Morgan fingerprint density at radius 3 is 2.74 bits per heavy atom. The third-order valence-electron chi connectivity index (χ3n) is 3.05. The van der Waals surface area contributed by atoms with Gasteiger partial charge >= 0.3 is 16.2 Å². The molecule has 2 rings (SSSR count). The van der Waals surface area contributed by atoms with E-state index in [2.05, 4.69) is 19.4 Å². The van der Waals surface area contributed by atoms with Crippen LogP contribution in [0.2, 0.25) is 0 Å². The molecular formula is C10H16N4O4S. The van der Waals surface area contributed by atoms with Crippen LogP contribution < -0.4 is 4.72 Å². The first kappa shape index (κ1) is 13.8. The van der Waals surface area contributed by atoms with Crippen molar-refractivity contribution in [1.29, 1.82) is 0 Å². The van der Waals surface area contributed by atoms with Crippen LogP contribution in [-0.2, 0) is 19.7 Å². The van der Waals surface area contributed by atoms with Crippen LogP contribution in [0.1, 0.15) is 12.8 Å². The van der Waals surface area contributed by atoms with Crippen molar-refractivity contribution in [3.8, 4) is 0 Å². The molecule has 1 fully saturated rings. The number of aromatic amines is 1. The van der Waals surface area contributed by atoms with Gasteiger partial charge in [-0.1, -0.05) is 0 Å². The highest BCUT2D eigenvalue weighted by molar-refractivity contribution is 7.90. The van der Waals surface area contributed by atoms with E-state index in [1.54, 1.807) is 0 Å². The van der Waals surface area contributed by atoms with Crippen molar-refractivity contribution < 1.29 is 17.9 Å². The van der Waals surface area contributed by atoms with Gasteiger partial charge in [0.2, 0.25) is 5.95 Å². The lowest BCUT2D eigenvalue weighted by molar-refractivity contribution is -0.146. The number of hydrogen-bond acceptors (Lipinski definition) is 5. The summed E-state index contributed by atoms with van der Waals surface area (Å²) >= 11 is 0. The van der Waals surface area contributed by atoms with Crippen LogP contribution in [0, 0.1) is 5.92 Å². The molecule has 0 amide bonds. The van der Waals surface area contributed by atoms with Gasteiger partial charge < -0.3 is 9.72 Å². The second-order valence-electron chi connectivity index (χ2n) is 4.24. The molecule has 0 unspecified atom stereocenters. The Bertz CT molecular complexity index is 520. The molecule has 0 radical (unpaired) electrons. The van der Waals surface area contributed by atoms with E-state index in [0.29, 0.717) is 12.8 Å². The molecule has 2 N–H and O–H groups in total. The molecule has 0 spiro atoms. The van der Waals surface area contributed by atoms with Gasteiger partial charge in [0, 0.05) is 25.5 Å². The summed E-state index contributed by atoms with van der Waals surface area (Å²) in [5.41, 5.74) is 0. The minimum atomic E-state index is -3.62. The van der Waals surface area contributed by atoms with Gasteiger partial charge in [0.15, 0.2) is 0 Å². The van der Waals surface area contributed by atoms with Gasteiger partial charge in [0.05, 0.1) is 13.0 Å². The zero-order chi connectivity index (χ0) is 13.9. The summed E-state index contributed by atoms with van der Waals surface area (Å²) in [4.78, 5) is 17.8. The lowest BCUT2D eigenvalue weighted by Crippen LogP contribution is -2.43. The Kier molecular flexibility index (Phi) is 4.05. The highest BCUT2D eigenvalue weighted by Crippen LogP contribution is 2.21. The predicted octanol–water partition coefficient (Wildman–Crippen LogP) is -0.0486. The van der Waals surface area contributed by atoms with Crippen LogP contribution in [0.5, 0.6) is 0 Å². The van der Waals surface area contributed by atoms with E-state index in [0.717, 1.165) is 0 Å². The Labute approximate surface area is 111 Å². The smallest absolute Gasteiger partial charge is 0.308 e. The second-order valence-corrected chi connectivity index (χ2v) is 5.91. The molecular weight excluding hydrogens is 272 g/mol. The van der Waals surface area contributed by atoms with Gasteiger partial charge in [-0.2, -0.15) is 12.7 Å². The minimum Gasteiger partial charge on any atom is -0.469 e. The topological polar surface area (TPSA) is 104 Å². The van der Waals surface area contributed by atoms with E-state index >= 15 is 0 Å². The van der Waals surface area contributed by atoms with E-state index in [9.17, 15) is 13.2 Å². The van der Waals surface area contributed by atoms with Crippen molar-refractivity contribution in [3.05, 3.63) is 12.4 Å². The average Bonchev–Trinajstić information content (AvgIpc) is 2.90. The first-order valence-corrected chi connectivity index (χ1v) is 7.32. The van der Waals surface area contributed by atoms with Crippen LogP contribution in [0.3, 0.4) is 0 Å². The van der Waals surface area contributed by atoms with Crippen LogP contribution in [0.25, 0.3) is 0 Å². The number of hydrogen-bond donors (Lipinski definition) is 2. The minimum absolute atomic E-state index is 0.176. The summed E-state index contributed by atoms with van der Waals surface area (Å²) < 4.78 is 32.4. The fraction of sp³-hybridized carbons (Fsp3) is 0.600. The molecule has 1 aromatic heterocycles. The molecule has 8 nitrogen and oxygen atoms in total. The Hall–Kier alpha value is -1.61. The summed E-state index contributed by atoms with van der Waals surface area (Å²) in [7, 11) is -2.29. The molecule has 106 valence electrons. The maximum absolute atomic E-state index is 12.0. The number of aromatic nitrogens is 2. The molecule has 19 heavy (non-hydrogen) atoms. The predicted molar refractivity (Wildman–Crippen MR) is 67.4 cm³/mol. The maximum atomic E-state index is 12.0. The molecule has 9 heteroatoms. The molecule has 1 aromatic rings. The largest absolute Gasteiger partial charge is 0.469 e. The second kappa shape index (κ2) is 5.57. The monoisotopic (exact) mass is 288 g/mol. The normalized spacial score (nSPS) is 18.2. The van der Waals surface area contributed by atoms with Gasteiger partial charge in [-0.05, 0) is 12.8 Å². The number of nitrogens with one attached hydrogen (secondary N) is 2. The summed E-state index contributed by atoms with van der Waals surface area (Å²) in [5.74, 6) is -0.328. The van der Waals surface area contributed by atoms with Crippen LogP contribution in [0.15, 0.2) is 12.4 Å². The number of carbonyl (C=O) groups excluding carboxylic acids is 1. The molecule has 0 atom stereocenters. The van der Waals surface area contributed by atoms with Gasteiger partial charge in [-0.15, -0.1) is 0 Å². The zero-order valence-corrected chi connectivity index (χ0v) is 11.3. The molecule has 2 heterocycles. The quantitative estimate of drug-likeness (QED) is 0.756. The Morgan fingerprint density at radius 1 is 1.53 bits per heavy atom. The summed E-state index contributed by atoms with van der Waals surface area (Å²) in [5, 5.41) is 0. The SMILES string of the molecule is COC(=O)C1CCN(S(=O)(=O)Nc2ncc[nH]2)CC1. The maximum Gasteiger partial charge on any atom is 0.308 e. The molecule has 0 bridgehead atoms. The number of rotatable bonds is 4. The number of ether oxygens (including phenoxy) is 1. The summed E-state index contributed by atoms with van der Waals surface area (Å²) in [6.07, 6.45) is 3.92. The third kappa shape index (κ3) is 3.24. The van der Waals surface area contributed by atoms with Crippen molar-refractivity contribution in [1.82, 2.24) is 14.3 Å². The number of methoxy groups -OCH3 is 1. The Balaban J connectivity index is 1.95. The van der Waals surface area contributed by atoms with Crippen LogP contribution >= 0.6 is 0 Å². The standard InChI is InChI=1S/C10H16N4O4S/c1-18-9(15)8-2-6-14(7-3-8)19(16,17)13-10-11-4-5-12-10/h4-5,8H,2-3,6-7H2,1H3,(H2,11,12,13). The van der Waals surface area contributed by atoms with Gasteiger partial charge in [-0.25, -0.2) is 9.71 Å². The van der Waals surface area contributed by atoms with Crippen molar-refractivity contribution in [2.45, 2.75) is 12.8 Å². The van der Waals surface area contributed by atoms with E-state index in [1.807, 2.05) is 0 Å². The van der Waals surface area contributed by atoms with E-state index in [-0.39, 0.29) is 30.9 Å². The van der Waals surface area contributed by atoms with E-state index in [4.69, 9.17) is 0 Å². The number of piperidine rings is 1. The molecule has 1 aliphatic rings. The number of nitrogens with zero attached hydrogens (tertiary/aromatic N) is 2. The fourth-order valence-corrected chi connectivity index (χ4v) is 3.18. The number of anilines is 1. The zero-order valence-electron chi connectivity index (χ0n) is 10.5. The number of carbonyl (C=O) groups is 1. The number of H-pyrrole nitrogens is 1. The first-order valence-electron chi connectivity index (χ1n) is 5.88. The summed E-state index contributed by atoms with van der Waals surface area (Å²) in [6.45, 7) is 0.575. The number of imidazole rings is 1. The highest BCUT2D eigenvalue weighted by atomic mass is 32.2. The molecule has 0 aromatic carbocycles. The first-order chi connectivity index (χ1) is 9.03. The number of esters is 1. The highest BCUT2D eigenvalue weighted by Gasteiger charge is 2.31. The lowest BCUT2D eigenvalue weighted by atomic mass is 9.99. The fourth-order valence-electron chi connectivity index (χ4n) is 2.01. The summed E-state index contributed by atoms with van der Waals surface area (Å²) in [6, 6.07) is 0. The van der Waals surface area contributed by atoms with Crippen molar-refractivity contribution in [3.63, 3.8) is 0 Å². The van der Waals surface area contributed by atoms with Crippen molar-refractivity contribution in [2.75, 3.05) is 24.9 Å². The van der Waals surface area contributed by atoms with E-state index in [1.165, 1.54) is 23.8 Å². The van der Waals surface area contributed by atoms with Gasteiger partial charge in [0.25, 0.3) is 0 Å². The third-order valence-corrected chi connectivity index (χ3v) is 4.55. The van der Waals surface area contributed by atoms with Crippen LogP contribution in [-0.4, -0.2) is 48.9 Å². The van der Waals surface area contributed by atoms with Crippen LogP contribution in [0.4, 0.5) is 5.95 Å². The molecule has 0 saturated carbocycles. The van der Waals surface area contributed by atoms with Gasteiger partial charge in [-0.3, -0.25) is 4.79 Å². The van der Waals surface area contributed by atoms with Gasteiger partial charge in [0.1, 0.15) is 0 Å². The molecule has 1 saturated heterocycles.